The molecule has 0 unspecified atom stereocenters. The summed E-state index contributed by atoms with van der Waals surface area (Å²) in [4.78, 5) is 32.3. The van der Waals surface area contributed by atoms with Crippen molar-refractivity contribution in [2.24, 2.45) is 5.92 Å². The first kappa shape index (κ1) is 22.4. The lowest BCUT2D eigenvalue weighted by molar-refractivity contribution is -0.137. The molecular formula is C28H32N4O2. The molecule has 0 spiro atoms. The zero-order valence-corrected chi connectivity index (χ0v) is 19.5. The average molecular weight is 457 g/mol. The van der Waals surface area contributed by atoms with E-state index in [9.17, 15) is 9.59 Å². The highest BCUT2D eigenvalue weighted by atomic mass is 16.2. The number of anilines is 2. The summed E-state index contributed by atoms with van der Waals surface area (Å²) in [6.45, 7) is 5.24. The molecule has 0 saturated carbocycles. The summed E-state index contributed by atoms with van der Waals surface area (Å²) in [5, 5.41) is 5.24. The number of hydrogen-bond donors (Lipinski definition) is 1. The number of amides is 2. The summed E-state index contributed by atoms with van der Waals surface area (Å²) in [5.74, 6) is 0.353. The number of likely N-dealkylation sites (tertiary alicyclic amines) is 1. The van der Waals surface area contributed by atoms with E-state index in [1.807, 2.05) is 53.4 Å². The number of carbonyl (C=O) groups is 2. The summed E-state index contributed by atoms with van der Waals surface area (Å²) < 4.78 is 0. The Balaban J connectivity index is 1.08. The van der Waals surface area contributed by atoms with Gasteiger partial charge in [0, 0.05) is 48.9 Å². The van der Waals surface area contributed by atoms with Crippen molar-refractivity contribution in [1.82, 2.24) is 9.80 Å². The van der Waals surface area contributed by atoms with E-state index in [1.165, 1.54) is 5.69 Å². The van der Waals surface area contributed by atoms with Crippen LogP contribution in [0.25, 0.3) is 10.8 Å². The molecule has 6 heteroatoms. The molecule has 0 aliphatic carbocycles. The van der Waals surface area contributed by atoms with Crippen LogP contribution in [0.4, 0.5) is 11.4 Å². The molecule has 2 saturated heterocycles. The molecule has 0 aromatic heterocycles. The predicted molar refractivity (Wildman–Crippen MR) is 137 cm³/mol. The molecule has 2 amide bonds. The van der Waals surface area contributed by atoms with Gasteiger partial charge in [0.25, 0.3) is 0 Å². The molecule has 5 rings (SSSR count). The van der Waals surface area contributed by atoms with Gasteiger partial charge < -0.3 is 15.1 Å². The van der Waals surface area contributed by atoms with Gasteiger partial charge in [0.15, 0.2) is 0 Å². The molecule has 3 aromatic carbocycles. The van der Waals surface area contributed by atoms with Crippen molar-refractivity contribution in [2.75, 3.05) is 56.0 Å². The summed E-state index contributed by atoms with van der Waals surface area (Å²) in [6, 6.07) is 24.4. The maximum atomic E-state index is 13.1. The van der Waals surface area contributed by atoms with E-state index >= 15 is 0 Å². The first-order valence-corrected chi connectivity index (χ1v) is 12.3. The van der Waals surface area contributed by atoms with Crippen molar-refractivity contribution < 1.29 is 9.59 Å². The molecule has 2 fully saturated rings. The van der Waals surface area contributed by atoms with E-state index < -0.39 is 0 Å². The summed E-state index contributed by atoms with van der Waals surface area (Å²) in [7, 11) is 0. The first-order valence-electron chi connectivity index (χ1n) is 12.3. The number of piperazine rings is 1. The molecule has 0 radical (unpaired) electrons. The minimum atomic E-state index is -0.00170. The fourth-order valence-corrected chi connectivity index (χ4v) is 5.15. The van der Waals surface area contributed by atoms with Crippen LogP contribution in [0, 0.1) is 5.92 Å². The quantitative estimate of drug-likeness (QED) is 0.634. The minimum Gasteiger partial charge on any atom is -0.368 e. The summed E-state index contributed by atoms with van der Waals surface area (Å²) >= 11 is 0. The van der Waals surface area contributed by atoms with Crippen LogP contribution in [0.3, 0.4) is 0 Å². The maximum absolute atomic E-state index is 13.1. The van der Waals surface area contributed by atoms with E-state index in [-0.39, 0.29) is 17.7 Å². The van der Waals surface area contributed by atoms with E-state index in [0.717, 1.165) is 68.6 Å². The van der Waals surface area contributed by atoms with Gasteiger partial charge in [-0.2, -0.15) is 0 Å². The van der Waals surface area contributed by atoms with Crippen molar-refractivity contribution in [3.8, 4) is 0 Å². The topological polar surface area (TPSA) is 55.9 Å². The second kappa shape index (κ2) is 10.3. The van der Waals surface area contributed by atoms with Gasteiger partial charge in [0.2, 0.25) is 11.8 Å². The fourth-order valence-electron chi connectivity index (χ4n) is 5.15. The number of hydrogen-bond acceptors (Lipinski definition) is 4. The normalized spacial score (nSPS) is 17.6. The summed E-state index contributed by atoms with van der Waals surface area (Å²) in [6.07, 6.45) is 1.64. The standard InChI is InChI=1S/C28H32N4O2/c33-27(29-26-12-6-8-22-7-4-5-11-25(22)26)21-30-15-13-23(14-16-30)28(34)32-19-17-31(18-20-32)24-9-2-1-3-10-24/h1-12,23H,13-21H2,(H,29,33). The van der Waals surface area contributed by atoms with Crippen molar-refractivity contribution in [2.45, 2.75) is 12.8 Å². The fraction of sp³-hybridized carbons (Fsp3) is 0.357. The largest absolute Gasteiger partial charge is 0.368 e. The SMILES string of the molecule is O=C(CN1CCC(C(=O)N2CCN(c3ccccc3)CC2)CC1)Nc1cccc2ccccc12. The maximum Gasteiger partial charge on any atom is 0.238 e. The number of piperidine rings is 1. The number of carbonyl (C=O) groups excluding carboxylic acids is 2. The molecule has 0 bridgehead atoms. The molecule has 2 aliphatic rings. The van der Waals surface area contributed by atoms with Gasteiger partial charge in [-0.3, -0.25) is 14.5 Å². The number of nitrogens with zero attached hydrogens (tertiary/aromatic N) is 3. The summed E-state index contributed by atoms with van der Waals surface area (Å²) in [5.41, 5.74) is 2.08. The number of rotatable bonds is 5. The van der Waals surface area contributed by atoms with Crippen LogP contribution in [0.5, 0.6) is 0 Å². The Morgan fingerprint density at radius 1 is 0.765 bits per heavy atom. The predicted octanol–water partition coefficient (Wildman–Crippen LogP) is 3.84. The van der Waals surface area contributed by atoms with Gasteiger partial charge in [-0.15, -0.1) is 0 Å². The second-order valence-corrected chi connectivity index (χ2v) is 9.27. The van der Waals surface area contributed by atoms with E-state index in [0.29, 0.717) is 6.54 Å². The molecule has 0 atom stereocenters. The van der Waals surface area contributed by atoms with Gasteiger partial charge in [-0.25, -0.2) is 0 Å². The average Bonchev–Trinajstić information content (AvgIpc) is 2.89. The molecule has 34 heavy (non-hydrogen) atoms. The smallest absolute Gasteiger partial charge is 0.238 e. The Kier molecular flexibility index (Phi) is 6.77. The number of fused-ring (bicyclic) bond motifs is 1. The van der Waals surface area contributed by atoms with E-state index in [1.54, 1.807) is 0 Å². The Morgan fingerprint density at radius 2 is 1.44 bits per heavy atom. The highest BCUT2D eigenvalue weighted by Crippen LogP contribution is 2.24. The molecule has 2 heterocycles. The molecule has 1 N–H and O–H groups in total. The second-order valence-electron chi connectivity index (χ2n) is 9.27. The molecule has 3 aromatic rings. The Hall–Kier alpha value is -3.38. The monoisotopic (exact) mass is 456 g/mol. The molecule has 2 aliphatic heterocycles. The van der Waals surface area contributed by atoms with E-state index in [4.69, 9.17) is 0 Å². The van der Waals surface area contributed by atoms with Crippen LogP contribution in [-0.4, -0.2) is 67.4 Å². The highest BCUT2D eigenvalue weighted by Gasteiger charge is 2.31. The van der Waals surface area contributed by atoms with Gasteiger partial charge >= 0.3 is 0 Å². The van der Waals surface area contributed by atoms with Crippen LogP contribution in [0.1, 0.15) is 12.8 Å². The number of benzene rings is 3. The van der Waals surface area contributed by atoms with Gasteiger partial charge in [-0.1, -0.05) is 54.6 Å². The van der Waals surface area contributed by atoms with Gasteiger partial charge in [0.1, 0.15) is 0 Å². The van der Waals surface area contributed by atoms with Crippen LogP contribution in [-0.2, 0) is 9.59 Å². The lowest BCUT2D eigenvalue weighted by Crippen LogP contribution is -2.52. The van der Waals surface area contributed by atoms with Crippen molar-refractivity contribution in [3.05, 3.63) is 72.8 Å². The first-order chi connectivity index (χ1) is 16.7. The third-order valence-corrected chi connectivity index (χ3v) is 7.08. The van der Waals surface area contributed by atoms with Crippen LogP contribution in [0.2, 0.25) is 0 Å². The van der Waals surface area contributed by atoms with Gasteiger partial charge in [0.05, 0.1) is 6.54 Å². The van der Waals surface area contributed by atoms with Crippen LogP contribution < -0.4 is 10.2 Å². The molecule has 176 valence electrons. The minimum absolute atomic E-state index is 0.00170. The van der Waals surface area contributed by atoms with Crippen LogP contribution in [0.15, 0.2) is 72.8 Å². The van der Waals surface area contributed by atoms with Crippen molar-refractivity contribution in [1.29, 1.82) is 0 Å². The van der Waals surface area contributed by atoms with Crippen molar-refractivity contribution >= 4 is 34.0 Å². The lowest BCUT2D eigenvalue weighted by atomic mass is 9.95. The third-order valence-electron chi connectivity index (χ3n) is 7.08. The lowest BCUT2D eigenvalue weighted by Gasteiger charge is -2.39. The Bertz CT molecular complexity index is 1130. The van der Waals surface area contributed by atoms with Gasteiger partial charge in [-0.05, 0) is 49.5 Å². The third kappa shape index (κ3) is 5.07. The zero-order valence-electron chi connectivity index (χ0n) is 19.5. The van der Waals surface area contributed by atoms with E-state index in [2.05, 4.69) is 39.4 Å². The highest BCUT2D eigenvalue weighted by molar-refractivity contribution is 6.02. The van der Waals surface area contributed by atoms with Crippen molar-refractivity contribution in [3.63, 3.8) is 0 Å². The molecular weight excluding hydrogens is 424 g/mol. The van der Waals surface area contributed by atoms with Crippen LogP contribution >= 0.6 is 0 Å². The number of para-hydroxylation sites is 1. The number of nitrogens with one attached hydrogen (secondary N) is 1. The zero-order chi connectivity index (χ0) is 23.3. The Morgan fingerprint density at radius 3 is 2.21 bits per heavy atom. The Labute approximate surface area is 201 Å². The molecule has 6 nitrogen and oxygen atoms in total.